The van der Waals surface area contributed by atoms with Crippen LogP contribution in [-0.2, 0) is 24.9 Å². The smallest absolute Gasteiger partial charge is 0.332 e. The Hall–Kier alpha value is -3.79. The second-order valence-electron chi connectivity index (χ2n) is 9.31. The molecule has 2 unspecified atom stereocenters. The van der Waals surface area contributed by atoms with Crippen LogP contribution >= 0.6 is 0 Å². The van der Waals surface area contributed by atoms with Crippen LogP contribution < -0.4 is 17.0 Å². The van der Waals surface area contributed by atoms with Crippen LogP contribution in [0.1, 0.15) is 42.4 Å². The lowest BCUT2D eigenvalue weighted by Gasteiger charge is -2.33. The Morgan fingerprint density at radius 1 is 1.11 bits per heavy atom. The van der Waals surface area contributed by atoms with Crippen LogP contribution in [0.3, 0.4) is 0 Å². The third kappa shape index (κ3) is 4.49. The summed E-state index contributed by atoms with van der Waals surface area (Å²) in [5, 5.41) is 0. The van der Waals surface area contributed by atoms with Crippen molar-refractivity contribution in [3.63, 3.8) is 0 Å². The number of aryl methyl sites for hydroxylation is 1. The van der Waals surface area contributed by atoms with Gasteiger partial charge in [0, 0.05) is 38.7 Å². The van der Waals surface area contributed by atoms with Gasteiger partial charge in [0.25, 0.3) is 5.56 Å². The van der Waals surface area contributed by atoms with Crippen LogP contribution in [0.25, 0.3) is 11.2 Å². The Kier molecular flexibility index (Phi) is 6.58. The van der Waals surface area contributed by atoms with Crippen LogP contribution in [0.15, 0.2) is 51.6 Å². The minimum Gasteiger partial charge on any atom is -0.344 e. The fraction of sp³-hybridized carbons (Fsp3) is 0.400. The van der Waals surface area contributed by atoms with Crippen LogP contribution in [0.5, 0.6) is 0 Å². The lowest BCUT2D eigenvalue weighted by molar-refractivity contribution is -0.134. The topological polar surface area (TPSA) is 125 Å². The largest absolute Gasteiger partial charge is 0.344 e. The van der Waals surface area contributed by atoms with Crippen molar-refractivity contribution in [3.05, 3.63) is 74.2 Å². The molecule has 3 aromatic rings. The van der Waals surface area contributed by atoms with E-state index in [2.05, 4.69) is 0 Å². The van der Waals surface area contributed by atoms with Gasteiger partial charge in [0.1, 0.15) is 5.82 Å². The molecule has 10 nitrogen and oxygen atoms in total. The lowest BCUT2D eigenvalue weighted by Crippen LogP contribution is -2.49. The highest BCUT2D eigenvalue weighted by Gasteiger charge is 2.34. The van der Waals surface area contributed by atoms with Crippen molar-refractivity contribution < 1.29 is 9.59 Å². The van der Waals surface area contributed by atoms with Gasteiger partial charge < -0.3 is 15.2 Å². The minimum atomic E-state index is -0.667. The van der Waals surface area contributed by atoms with Crippen molar-refractivity contribution >= 4 is 22.9 Å². The quantitative estimate of drug-likeness (QED) is 0.417. The molecule has 3 heterocycles. The van der Waals surface area contributed by atoms with E-state index in [9.17, 15) is 19.2 Å². The van der Waals surface area contributed by atoms with E-state index >= 15 is 0 Å². The number of carbonyl (C=O) groups is 2. The van der Waals surface area contributed by atoms with Gasteiger partial charge in [0.2, 0.25) is 5.91 Å². The summed E-state index contributed by atoms with van der Waals surface area (Å²) in [7, 11) is 3.23. The molecule has 2 atom stereocenters. The monoisotopic (exact) mass is 478 g/mol. The fourth-order valence-electron chi connectivity index (χ4n) is 4.53. The number of piperidine rings is 1. The number of hydrogen-bond acceptors (Lipinski definition) is 6. The molecule has 0 bridgehead atoms. The Labute approximate surface area is 202 Å². The van der Waals surface area contributed by atoms with Crippen molar-refractivity contribution in [1.29, 1.82) is 0 Å². The maximum atomic E-state index is 13.6. The molecule has 2 N–H and O–H groups in total. The zero-order valence-electron chi connectivity index (χ0n) is 20.4. The van der Waals surface area contributed by atoms with Crippen LogP contribution in [0.4, 0.5) is 0 Å². The van der Waals surface area contributed by atoms with Gasteiger partial charge in [-0.3, -0.25) is 23.5 Å². The highest BCUT2D eigenvalue weighted by molar-refractivity contribution is 5.95. The summed E-state index contributed by atoms with van der Waals surface area (Å²) in [4.78, 5) is 58.1. The van der Waals surface area contributed by atoms with Gasteiger partial charge in [0.05, 0.1) is 12.6 Å². The number of likely N-dealkylation sites (N-methyl/N-ethyl adjacent to an activating group) is 1. The molecule has 1 aromatic carbocycles. The molecule has 0 radical (unpaired) electrons. The van der Waals surface area contributed by atoms with E-state index in [0.29, 0.717) is 30.9 Å². The fourth-order valence-corrected chi connectivity index (χ4v) is 4.53. The second-order valence-corrected chi connectivity index (χ2v) is 9.31. The maximum Gasteiger partial charge on any atom is 0.332 e. The van der Waals surface area contributed by atoms with Crippen molar-refractivity contribution in [1.82, 2.24) is 23.6 Å². The molecular weight excluding hydrogens is 448 g/mol. The Morgan fingerprint density at radius 3 is 2.43 bits per heavy atom. The van der Waals surface area contributed by atoms with Crippen molar-refractivity contribution in [2.45, 2.75) is 45.3 Å². The van der Waals surface area contributed by atoms with Gasteiger partial charge >= 0.3 is 5.69 Å². The summed E-state index contributed by atoms with van der Waals surface area (Å²) < 4.78 is 4.05. The minimum absolute atomic E-state index is 0.137. The van der Waals surface area contributed by atoms with E-state index in [1.165, 1.54) is 11.6 Å². The number of benzene rings is 1. The number of carbonyl (C=O) groups excluding carboxylic acids is 2. The van der Waals surface area contributed by atoms with Crippen molar-refractivity contribution in [2.75, 3.05) is 13.6 Å². The SMILES string of the molecule is CC(C)=CCn1c(C2CC(N)C(=O)N(C)C2)nc2c1c(=O)n(CC(=O)c1ccccc1)c(=O)n2C. The van der Waals surface area contributed by atoms with E-state index < -0.39 is 17.3 Å². The molecule has 0 aliphatic carbocycles. The molecule has 1 fully saturated rings. The zero-order valence-corrected chi connectivity index (χ0v) is 20.4. The Balaban J connectivity index is 1.90. The highest BCUT2D eigenvalue weighted by Crippen LogP contribution is 2.28. The van der Waals surface area contributed by atoms with E-state index in [1.54, 1.807) is 46.8 Å². The predicted octanol–water partition coefficient (Wildman–Crippen LogP) is 1.02. The molecule has 0 saturated carbocycles. The lowest BCUT2D eigenvalue weighted by atomic mass is 9.93. The number of hydrogen-bond donors (Lipinski definition) is 1. The summed E-state index contributed by atoms with van der Waals surface area (Å²) in [6.45, 7) is 4.29. The average Bonchev–Trinajstić information content (AvgIpc) is 3.22. The molecule has 35 heavy (non-hydrogen) atoms. The highest BCUT2D eigenvalue weighted by atomic mass is 16.2. The van der Waals surface area contributed by atoms with Gasteiger partial charge in [-0.05, 0) is 20.3 Å². The van der Waals surface area contributed by atoms with Crippen LogP contribution in [-0.4, -0.2) is 54.9 Å². The molecular formula is C25H30N6O4. The summed E-state index contributed by atoms with van der Waals surface area (Å²) in [5.74, 6) is -0.0911. The number of aromatic nitrogens is 4. The Bertz CT molecular complexity index is 1430. The van der Waals surface area contributed by atoms with E-state index in [4.69, 9.17) is 10.7 Å². The first-order valence-electron chi connectivity index (χ1n) is 11.5. The van der Waals surface area contributed by atoms with Crippen molar-refractivity contribution in [3.8, 4) is 0 Å². The van der Waals surface area contributed by atoms with Gasteiger partial charge in [0.15, 0.2) is 16.9 Å². The van der Waals surface area contributed by atoms with Gasteiger partial charge in [-0.2, -0.15) is 0 Å². The maximum absolute atomic E-state index is 13.6. The van der Waals surface area contributed by atoms with E-state index in [1.807, 2.05) is 19.9 Å². The zero-order chi connectivity index (χ0) is 25.4. The normalized spacial score (nSPS) is 18.2. The number of imidazole rings is 1. The van der Waals surface area contributed by atoms with Gasteiger partial charge in [-0.25, -0.2) is 9.78 Å². The number of nitrogens with zero attached hydrogens (tertiary/aromatic N) is 5. The Morgan fingerprint density at radius 2 is 1.80 bits per heavy atom. The molecule has 184 valence electrons. The molecule has 10 heteroatoms. The summed E-state index contributed by atoms with van der Waals surface area (Å²) in [6, 6.07) is 7.89. The first-order valence-corrected chi connectivity index (χ1v) is 11.5. The van der Waals surface area contributed by atoms with Crippen molar-refractivity contribution in [2.24, 2.45) is 12.8 Å². The number of rotatable bonds is 6. The number of likely N-dealkylation sites (tertiary alicyclic amines) is 1. The molecule has 1 aliphatic rings. The first kappa shape index (κ1) is 24.3. The molecule has 1 amide bonds. The molecule has 4 rings (SSSR count). The van der Waals surface area contributed by atoms with Crippen LogP contribution in [0, 0.1) is 0 Å². The standard InChI is InChI=1S/C25H30N6O4/c1-15(2)10-11-30-20-22(27-21(30)17-12-18(26)23(33)28(3)13-17)29(4)25(35)31(24(20)34)14-19(32)16-8-6-5-7-9-16/h5-10,17-18H,11-14,26H2,1-4H3. The number of Topliss-reactive ketones (excluding diaryl/α,β-unsaturated/α-hetero) is 1. The molecule has 1 saturated heterocycles. The summed E-state index contributed by atoms with van der Waals surface area (Å²) in [6.07, 6.45) is 2.35. The molecule has 0 spiro atoms. The molecule has 2 aromatic heterocycles. The average molecular weight is 479 g/mol. The van der Waals surface area contributed by atoms with Gasteiger partial charge in [-0.15, -0.1) is 0 Å². The third-order valence-corrected chi connectivity index (χ3v) is 6.43. The number of amides is 1. The van der Waals surface area contributed by atoms with E-state index in [0.717, 1.165) is 10.1 Å². The third-order valence-electron chi connectivity index (χ3n) is 6.43. The number of fused-ring (bicyclic) bond motifs is 1. The number of allylic oxidation sites excluding steroid dienone is 2. The number of ketones is 1. The number of nitrogens with two attached hydrogens (primary N) is 1. The summed E-state index contributed by atoms with van der Waals surface area (Å²) in [5.41, 5.74) is 6.86. The summed E-state index contributed by atoms with van der Waals surface area (Å²) >= 11 is 0. The van der Waals surface area contributed by atoms with Gasteiger partial charge in [-0.1, -0.05) is 42.0 Å². The second kappa shape index (κ2) is 9.46. The van der Waals surface area contributed by atoms with Crippen LogP contribution in [0.2, 0.25) is 0 Å². The first-order chi connectivity index (χ1) is 16.6. The van der Waals surface area contributed by atoms with E-state index in [-0.39, 0.29) is 35.3 Å². The predicted molar refractivity (Wildman–Crippen MR) is 132 cm³/mol. The molecule has 1 aliphatic heterocycles.